The predicted octanol–water partition coefficient (Wildman–Crippen LogP) is 1.06. The average Bonchev–Trinajstić information content (AvgIpc) is 2.60. The lowest BCUT2D eigenvalue weighted by Crippen LogP contribution is -2.26. The van der Waals surface area contributed by atoms with Crippen LogP contribution < -0.4 is 0 Å². The average molecular weight is 273 g/mol. The Morgan fingerprint density at radius 1 is 1.44 bits per heavy atom. The molecule has 0 bridgehead atoms. The highest BCUT2D eigenvalue weighted by Gasteiger charge is 2.29. The molecular formula is C11H12FNO4S. The van der Waals surface area contributed by atoms with Crippen molar-refractivity contribution in [2.45, 2.75) is 13.0 Å². The van der Waals surface area contributed by atoms with E-state index in [-0.39, 0.29) is 17.9 Å². The van der Waals surface area contributed by atoms with Crippen LogP contribution >= 0.6 is 0 Å². The van der Waals surface area contributed by atoms with Crippen LogP contribution in [0.3, 0.4) is 0 Å². The summed E-state index contributed by atoms with van der Waals surface area (Å²) >= 11 is 0. The molecule has 1 aromatic carbocycles. The van der Waals surface area contributed by atoms with Crippen LogP contribution in [0, 0.1) is 5.82 Å². The number of hydrogen-bond donors (Lipinski definition) is 1. The molecule has 2 rings (SSSR count). The minimum Gasteiger partial charge on any atom is -0.478 e. The Hall–Kier alpha value is -1.47. The number of hydrogen-bond acceptors (Lipinski definition) is 3. The highest BCUT2D eigenvalue weighted by atomic mass is 32.2. The van der Waals surface area contributed by atoms with Gasteiger partial charge in [0.15, 0.2) is 0 Å². The van der Waals surface area contributed by atoms with Gasteiger partial charge in [-0.3, -0.25) is 0 Å². The van der Waals surface area contributed by atoms with E-state index in [2.05, 4.69) is 0 Å². The van der Waals surface area contributed by atoms with Gasteiger partial charge in [-0.15, -0.1) is 0 Å². The fourth-order valence-corrected chi connectivity index (χ4v) is 3.44. The van der Waals surface area contributed by atoms with Gasteiger partial charge in [0.05, 0.1) is 11.3 Å². The third-order valence-corrected chi connectivity index (χ3v) is 4.76. The second-order valence-electron chi connectivity index (χ2n) is 4.11. The molecule has 98 valence electrons. The first-order chi connectivity index (χ1) is 8.40. The number of carboxylic acids is 1. The molecule has 5 nitrogen and oxygen atoms in total. The molecule has 0 amide bonds. The lowest BCUT2D eigenvalue weighted by molar-refractivity contribution is 0.0694. The van der Waals surface area contributed by atoms with Crippen LogP contribution in [-0.4, -0.2) is 36.1 Å². The van der Waals surface area contributed by atoms with Gasteiger partial charge in [-0.2, -0.15) is 4.31 Å². The van der Waals surface area contributed by atoms with E-state index in [1.807, 2.05) is 0 Å². The molecular weight excluding hydrogens is 261 g/mol. The van der Waals surface area contributed by atoms with Crippen molar-refractivity contribution >= 4 is 16.0 Å². The van der Waals surface area contributed by atoms with Gasteiger partial charge >= 0.3 is 5.97 Å². The van der Waals surface area contributed by atoms with Gasteiger partial charge in [-0.05, 0) is 24.1 Å². The maximum Gasteiger partial charge on any atom is 0.336 e. The number of sulfonamides is 1. The Kier molecular flexibility index (Phi) is 3.36. The van der Waals surface area contributed by atoms with Gasteiger partial charge in [0.2, 0.25) is 10.0 Å². The van der Waals surface area contributed by atoms with E-state index in [1.165, 1.54) is 10.4 Å². The molecule has 0 aliphatic carbocycles. The van der Waals surface area contributed by atoms with Crippen LogP contribution in [0.25, 0.3) is 0 Å². The number of carbonyl (C=O) groups is 1. The summed E-state index contributed by atoms with van der Waals surface area (Å²) in [4.78, 5) is 11.0. The molecule has 0 radical (unpaired) electrons. The van der Waals surface area contributed by atoms with Crippen LogP contribution in [-0.2, 0) is 16.6 Å². The van der Waals surface area contributed by atoms with Crippen molar-refractivity contribution in [2.24, 2.45) is 0 Å². The first kappa shape index (κ1) is 13.0. The molecule has 0 atom stereocenters. The molecule has 1 aliphatic rings. The molecule has 0 unspecified atom stereocenters. The van der Waals surface area contributed by atoms with E-state index in [0.717, 1.165) is 12.1 Å². The maximum absolute atomic E-state index is 13.0. The van der Waals surface area contributed by atoms with E-state index in [4.69, 9.17) is 5.11 Å². The molecule has 1 fully saturated rings. The second-order valence-corrected chi connectivity index (χ2v) is 6.20. The SMILES string of the molecule is O=C(O)c1cc(F)ccc1CN1CCCS1(=O)=O. The normalized spacial score (nSPS) is 18.9. The summed E-state index contributed by atoms with van der Waals surface area (Å²) < 4.78 is 37.4. The zero-order chi connectivity index (χ0) is 13.3. The quantitative estimate of drug-likeness (QED) is 0.893. The predicted molar refractivity (Wildman–Crippen MR) is 62.2 cm³/mol. The van der Waals surface area contributed by atoms with Crippen molar-refractivity contribution in [3.8, 4) is 0 Å². The maximum atomic E-state index is 13.0. The molecule has 7 heteroatoms. The summed E-state index contributed by atoms with van der Waals surface area (Å²) in [7, 11) is -3.29. The Bertz CT molecular complexity index is 585. The van der Waals surface area contributed by atoms with E-state index < -0.39 is 21.8 Å². The van der Waals surface area contributed by atoms with Crippen molar-refractivity contribution in [1.82, 2.24) is 4.31 Å². The number of rotatable bonds is 3. The number of halogens is 1. The fraction of sp³-hybridized carbons (Fsp3) is 0.364. The third kappa shape index (κ3) is 2.51. The van der Waals surface area contributed by atoms with E-state index in [1.54, 1.807) is 0 Å². The molecule has 1 heterocycles. The third-order valence-electron chi connectivity index (χ3n) is 2.85. The zero-order valence-corrected chi connectivity index (χ0v) is 10.3. The Labute approximate surface area is 104 Å². The summed E-state index contributed by atoms with van der Waals surface area (Å²) in [5.74, 6) is -1.84. The van der Waals surface area contributed by atoms with Crippen molar-refractivity contribution in [3.05, 3.63) is 35.1 Å². The van der Waals surface area contributed by atoms with Crippen LogP contribution in [0.15, 0.2) is 18.2 Å². The lowest BCUT2D eigenvalue weighted by atomic mass is 10.1. The lowest BCUT2D eigenvalue weighted by Gasteiger charge is -2.15. The van der Waals surface area contributed by atoms with Crippen LogP contribution in [0.2, 0.25) is 0 Å². The molecule has 18 heavy (non-hydrogen) atoms. The minimum absolute atomic E-state index is 0.0236. The smallest absolute Gasteiger partial charge is 0.336 e. The molecule has 1 aromatic rings. The number of benzene rings is 1. The summed E-state index contributed by atoms with van der Waals surface area (Å²) in [5.41, 5.74) is 0.103. The van der Waals surface area contributed by atoms with Gasteiger partial charge in [-0.25, -0.2) is 17.6 Å². The van der Waals surface area contributed by atoms with Gasteiger partial charge in [0.1, 0.15) is 5.82 Å². The molecule has 1 aliphatic heterocycles. The highest BCUT2D eigenvalue weighted by Crippen LogP contribution is 2.20. The Morgan fingerprint density at radius 2 is 2.17 bits per heavy atom. The largest absolute Gasteiger partial charge is 0.478 e. The summed E-state index contributed by atoms with van der Waals surface area (Å²) in [6, 6.07) is 3.34. The fourth-order valence-electron chi connectivity index (χ4n) is 1.94. The molecule has 0 saturated carbocycles. The molecule has 0 aromatic heterocycles. The molecule has 1 N–H and O–H groups in total. The molecule has 0 spiro atoms. The first-order valence-corrected chi connectivity index (χ1v) is 7.00. The summed E-state index contributed by atoms with van der Waals surface area (Å²) in [6.45, 7) is 0.350. The Balaban J connectivity index is 2.32. The van der Waals surface area contributed by atoms with Gasteiger partial charge in [0, 0.05) is 13.1 Å². The van der Waals surface area contributed by atoms with Crippen LogP contribution in [0.4, 0.5) is 4.39 Å². The monoisotopic (exact) mass is 273 g/mol. The van der Waals surface area contributed by atoms with Crippen LogP contribution in [0.5, 0.6) is 0 Å². The standard InChI is InChI=1S/C11H12FNO4S/c12-9-3-2-8(10(6-9)11(14)15)7-13-4-1-5-18(13,16)17/h2-3,6H,1,4-5,7H2,(H,14,15). The highest BCUT2D eigenvalue weighted by molar-refractivity contribution is 7.89. The minimum atomic E-state index is -3.29. The number of aromatic carboxylic acids is 1. The number of nitrogens with zero attached hydrogens (tertiary/aromatic N) is 1. The van der Waals surface area contributed by atoms with Crippen molar-refractivity contribution in [2.75, 3.05) is 12.3 Å². The van der Waals surface area contributed by atoms with Crippen molar-refractivity contribution in [1.29, 1.82) is 0 Å². The Morgan fingerprint density at radius 3 is 2.72 bits per heavy atom. The van der Waals surface area contributed by atoms with E-state index in [9.17, 15) is 17.6 Å². The van der Waals surface area contributed by atoms with Gasteiger partial charge in [0.25, 0.3) is 0 Å². The molecule has 1 saturated heterocycles. The summed E-state index contributed by atoms with van der Waals surface area (Å²) in [6.07, 6.45) is 0.534. The summed E-state index contributed by atoms with van der Waals surface area (Å²) in [5, 5.41) is 8.96. The van der Waals surface area contributed by atoms with Crippen LogP contribution in [0.1, 0.15) is 22.3 Å². The van der Waals surface area contributed by atoms with E-state index >= 15 is 0 Å². The van der Waals surface area contributed by atoms with Gasteiger partial charge in [-0.1, -0.05) is 6.07 Å². The zero-order valence-electron chi connectivity index (χ0n) is 9.47. The van der Waals surface area contributed by atoms with Crippen molar-refractivity contribution in [3.63, 3.8) is 0 Å². The first-order valence-electron chi connectivity index (χ1n) is 5.40. The number of carboxylic acid groups (broad SMARTS) is 1. The second kappa shape index (κ2) is 4.66. The van der Waals surface area contributed by atoms with Gasteiger partial charge < -0.3 is 5.11 Å². The van der Waals surface area contributed by atoms with Crippen molar-refractivity contribution < 1.29 is 22.7 Å². The van der Waals surface area contributed by atoms with E-state index in [0.29, 0.717) is 18.5 Å². The topological polar surface area (TPSA) is 74.7 Å².